The monoisotopic (exact) mass is 273 g/mol. The summed E-state index contributed by atoms with van der Waals surface area (Å²) in [5.74, 6) is -0.867. The molecule has 18 heavy (non-hydrogen) atoms. The van der Waals surface area contributed by atoms with E-state index < -0.39 is 11.3 Å². The molecule has 6 nitrogen and oxygen atoms in total. The number of halogens is 1. The van der Waals surface area contributed by atoms with Crippen LogP contribution in [0.2, 0.25) is 0 Å². The van der Waals surface area contributed by atoms with Crippen molar-refractivity contribution in [1.82, 2.24) is 15.1 Å². The molecule has 1 amide bonds. The molecule has 0 radical (unpaired) electrons. The number of nitrogens with zero attached hydrogens (tertiary/aromatic N) is 2. The van der Waals surface area contributed by atoms with Crippen molar-refractivity contribution in [3.63, 3.8) is 0 Å². The zero-order valence-corrected chi connectivity index (χ0v) is 11.3. The Hall–Kier alpha value is -1.56. The van der Waals surface area contributed by atoms with Gasteiger partial charge in [-0.25, -0.2) is 0 Å². The Labute approximate surface area is 110 Å². The van der Waals surface area contributed by atoms with E-state index in [2.05, 4.69) is 15.2 Å². The fraction of sp³-hybridized carbons (Fsp3) is 0.545. The Morgan fingerprint density at radius 2 is 2.28 bits per heavy atom. The maximum absolute atomic E-state index is 11.9. The largest absolute Gasteiger partial charge is 0.468 e. The number of hydrogen-bond donors (Lipinski definition) is 1. The van der Waals surface area contributed by atoms with E-state index in [1.54, 1.807) is 17.9 Å². The van der Waals surface area contributed by atoms with E-state index in [-0.39, 0.29) is 12.5 Å². The number of methoxy groups -OCH3 is 1. The van der Waals surface area contributed by atoms with E-state index in [9.17, 15) is 9.59 Å². The molecule has 1 aromatic rings. The predicted molar refractivity (Wildman–Crippen MR) is 66.6 cm³/mol. The lowest BCUT2D eigenvalue weighted by atomic mass is 10.2. The number of aromatic nitrogens is 2. The number of amides is 1. The van der Waals surface area contributed by atoms with Crippen LogP contribution in [0.25, 0.3) is 0 Å². The maximum Gasteiger partial charge on any atom is 0.325 e. The average molecular weight is 274 g/mol. The first kappa shape index (κ1) is 14.5. The third-order valence-electron chi connectivity index (χ3n) is 2.38. The molecule has 0 saturated heterocycles. The third-order valence-corrected chi connectivity index (χ3v) is 2.72. The van der Waals surface area contributed by atoms with E-state index in [0.29, 0.717) is 17.7 Å². The zero-order valence-electron chi connectivity index (χ0n) is 10.6. The van der Waals surface area contributed by atoms with Gasteiger partial charge in [-0.15, -0.1) is 11.6 Å². The summed E-state index contributed by atoms with van der Waals surface area (Å²) >= 11 is 5.73. The molecule has 0 saturated carbocycles. The van der Waals surface area contributed by atoms with Crippen LogP contribution in [0.4, 0.5) is 0 Å². The number of esters is 1. The van der Waals surface area contributed by atoms with Crippen LogP contribution >= 0.6 is 11.6 Å². The highest BCUT2D eigenvalue weighted by Crippen LogP contribution is 2.07. The first-order chi connectivity index (χ1) is 8.49. The van der Waals surface area contributed by atoms with Crippen LogP contribution in [-0.4, -0.2) is 40.7 Å². The molecule has 7 heteroatoms. The first-order valence-electron chi connectivity index (χ1n) is 5.52. The molecule has 0 aliphatic heterocycles. The van der Waals surface area contributed by atoms with Gasteiger partial charge in [0.1, 0.15) is 5.38 Å². The molecule has 0 fully saturated rings. The van der Waals surface area contributed by atoms with Crippen LogP contribution in [0.1, 0.15) is 23.0 Å². The van der Waals surface area contributed by atoms with Crippen LogP contribution in [0, 0.1) is 0 Å². The molecule has 1 atom stereocenters. The van der Waals surface area contributed by atoms with Crippen LogP contribution in [0.3, 0.4) is 0 Å². The minimum Gasteiger partial charge on any atom is -0.468 e. The second-order valence-electron chi connectivity index (χ2n) is 3.72. The van der Waals surface area contributed by atoms with Crippen molar-refractivity contribution in [3.05, 3.63) is 17.5 Å². The molecule has 1 heterocycles. The van der Waals surface area contributed by atoms with Gasteiger partial charge < -0.3 is 10.1 Å². The van der Waals surface area contributed by atoms with Crippen molar-refractivity contribution in [1.29, 1.82) is 0 Å². The highest BCUT2D eigenvalue weighted by Gasteiger charge is 2.19. The summed E-state index contributed by atoms with van der Waals surface area (Å²) in [6, 6.07) is 0. The van der Waals surface area contributed by atoms with Gasteiger partial charge in [0.25, 0.3) is 5.91 Å². The van der Waals surface area contributed by atoms with Gasteiger partial charge in [-0.05, 0) is 6.42 Å². The molecule has 1 N–H and O–H groups in total. The standard InChI is InChI=1S/C11H16ClN3O3/c1-4-9-7(6-15(2)14-9)10(16)13-5-8(12)11(17)18-3/h6,8H,4-5H2,1-3H3,(H,13,16). The van der Waals surface area contributed by atoms with Crippen molar-refractivity contribution in [2.24, 2.45) is 7.05 Å². The summed E-state index contributed by atoms with van der Waals surface area (Å²) in [4.78, 5) is 22.9. The van der Waals surface area contributed by atoms with Gasteiger partial charge in [0.05, 0.1) is 18.4 Å². The van der Waals surface area contributed by atoms with Crippen LogP contribution in [0.15, 0.2) is 6.20 Å². The van der Waals surface area contributed by atoms with E-state index in [0.717, 1.165) is 0 Å². The van der Waals surface area contributed by atoms with Gasteiger partial charge in [-0.1, -0.05) is 6.92 Å². The van der Waals surface area contributed by atoms with Crippen LogP contribution in [0.5, 0.6) is 0 Å². The molecular weight excluding hydrogens is 258 g/mol. The lowest BCUT2D eigenvalue weighted by Crippen LogP contribution is -2.34. The summed E-state index contributed by atoms with van der Waals surface area (Å²) < 4.78 is 6.04. The van der Waals surface area contributed by atoms with Crippen molar-refractivity contribution < 1.29 is 14.3 Å². The number of alkyl halides is 1. The number of ether oxygens (including phenoxy) is 1. The highest BCUT2D eigenvalue weighted by molar-refractivity contribution is 6.30. The van der Waals surface area contributed by atoms with Gasteiger partial charge in [0.15, 0.2) is 0 Å². The van der Waals surface area contributed by atoms with Gasteiger partial charge in [-0.2, -0.15) is 5.10 Å². The smallest absolute Gasteiger partial charge is 0.325 e. The Kier molecular flexibility index (Phi) is 5.15. The molecule has 0 bridgehead atoms. The average Bonchev–Trinajstić information content (AvgIpc) is 2.75. The quantitative estimate of drug-likeness (QED) is 0.626. The Morgan fingerprint density at radius 1 is 1.61 bits per heavy atom. The second-order valence-corrected chi connectivity index (χ2v) is 4.24. The first-order valence-corrected chi connectivity index (χ1v) is 5.95. The van der Waals surface area contributed by atoms with Crippen LogP contribution in [-0.2, 0) is 23.0 Å². The van der Waals surface area contributed by atoms with Crippen molar-refractivity contribution >= 4 is 23.5 Å². The summed E-state index contributed by atoms with van der Waals surface area (Å²) in [6.45, 7) is 1.93. The molecule has 0 aromatic carbocycles. The molecular formula is C11H16ClN3O3. The van der Waals surface area contributed by atoms with Gasteiger partial charge in [-0.3, -0.25) is 14.3 Å². The highest BCUT2D eigenvalue weighted by atomic mass is 35.5. The number of aryl methyl sites for hydroxylation is 2. The third kappa shape index (κ3) is 3.46. The van der Waals surface area contributed by atoms with Crippen molar-refractivity contribution in [3.8, 4) is 0 Å². The Morgan fingerprint density at radius 3 is 2.83 bits per heavy atom. The van der Waals surface area contributed by atoms with Gasteiger partial charge in [0, 0.05) is 19.8 Å². The lowest BCUT2D eigenvalue weighted by molar-refractivity contribution is -0.140. The van der Waals surface area contributed by atoms with Crippen molar-refractivity contribution in [2.45, 2.75) is 18.7 Å². The molecule has 1 rings (SSSR count). The molecule has 1 aromatic heterocycles. The van der Waals surface area contributed by atoms with Crippen LogP contribution < -0.4 is 5.32 Å². The fourth-order valence-corrected chi connectivity index (χ4v) is 1.64. The Balaban J connectivity index is 2.63. The van der Waals surface area contributed by atoms with E-state index in [1.807, 2.05) is 6.92 Å². The normalized spacial score (nSPS) is 12.0. The maximum atomic E-state index is 11.9. The molecule has 1 unspecified atom stereocenters. The number of hydrogen-bond acceptors (Lipinski definition) is 4. The molecule has 0 aliphatic carbocycles. The molecule has 0 aliphatic rings. The van der Waals surface area contributed by atoms with E-state index in [1.165, 1.54) is 7.11 Å². The molecule has 100 valence electrons. The van der Waals surface area contributed by atoms with E-state index >= 15 is 0 Å². The van der Waals surface area contributed by atoms with E-state index in [4.69, 9.17) is 11.6 Å². The van der Waals surface area contributed by atoms with Gasteiger partial charge in [0.2, 0.25) is 0 Å². The summed E-state index contributed by atoms with van der Waals surface area (Å²) in [6.07, 6.45) is 2.29. The lowest BCUT2D eigenvalue weighted by Gasteiger charge is -2.08. The number of carbonyl (C=O) groups excluding carboxylic acids is 2. The second kappa shape index (κ2) is 6.39. The minimum absolute atomic E-state index is 0.0190. The Bertz CT molecular complexity index is 445. The predicted octanol–water partition coefficient (Wildman–Crippen LogP) is 0.493. The minimum atomic E-state index is -0.888. The summed E-state index contributed by atoms with van der Waals surface area (Å²) in [7, 11) is 2.99. The number of nitrogens with one attached hydrogen (secondary N) is 1. The zero-order chi connectivity index (χ0) is 13.7. The number of carbonyl (C=O) groups is 2. The summed E-state index contributed by atoms with van der Waals surface area (Å²) in [5.41, 5.74) is 1.20. The fourth-order valence-electron chi connectivity index (χ4n) is 1.47. The molecule has 0 spiro atoms. The SMILES string of the molecule is CCc1nn(C)cc1C(=O)NCC(Cl)C(=O)OC. The van der Waals surface area contributed by atoms with Crippen molar-refractivity contribution in [2.75, 3.05) is 13.7 Å². The topological polar surface area (TPSA) is 73.2 Å². The van der Waals surface area contributed by atoms with Gasteiger partial charge >= 0.3 is 5.97 Å². The number of rotatable bonds is 5. The summed E-state index contributed by atoms with van der Waals surface area (Å²) in [5, 5.41) is 5.85.